The number of carbonyl (C=O) groups is 1. The van der Waals surface area contributed by atoms with E-state index in [0.29, 0.717) is 6.54 Å². The number of carbonyl (C=O) groups excluding carboxylic acids is 1. The first kappa shape index (κ1) is 9.38. The van der Waals surface area contributed by atoms with E-state index in [0.717, 1.165) is 6.20 Å². The van der Waals surface area contributed by atoms with Crippen molar-refractivity contribution in [3.63, 3.8) is 0 Å². The van der Waals surface area contributed by atoms with Gasteiger partial charge in [0.1, 0.15) is 0 Å². The van der Waals surface area contributed by atoms with E-state index in [1.54, 1.807) is 0 Å². The largest absolute Gasteiger partial charge is 0.348 e. The van der Waals surface area contributed by atoms with Crippen molar-refractivity contribution in [2.24, 2.45) is 0 Å². The minimum absolute atomic E-state index is 0.00292. The highest BCUT2D eigenvalue weighted by Crippen LogP contribution is 2.03. The number of nitrogens with zero attached hydrogens (tertiary/aromatic N) is 1. The Bertz CT molecular complexity index is 325. The van der Waals surface area contributed by atoms with Crippen molar-refractivity contribution in [1.82, 2.24) is 10.3 Å². The average Bonchev–Trinajstić information content (AvgIpc) is 2.15. The van der Waals surface area contributed by atoms with E-state index in [4.69, 9.17) is 0 Å². The molecule has 0 aliphatic rings. The van der Waals surface area contributed by atoms with Crippen molar-refractivity contribution in [2.75, 3.05) is 6.54 Å². The number of amides is 1. The van der Waals surface area contributed by atoms with Gasteiger partial charge in [-0.25, -0.2) is 4.39 Å². The van der Waals surface area contributed by atoms with Gasteiger partial charge in [0.15, 0.2) is 5.82 Å². The molecule has 0 saturated carbocycles. The van der Waals surface area contributed by atoms with Gasteiger partial charge < -0.3 is 5.32 Å². The maximum absolute atomic E-state index is 12.9. The molecule has 0 atom stereocenters. The van der Waals surface area contributed by atoms with Gasteiger partial charge in [0.05, 0.1) is 11.8 Å². The molecule has 0 saturated heterocycles. The van der Waals surface area contributed by atoms with Gasteiger partial charge in [-0.3, -0.25) is 9.78 Å². The average molecular weight is 180 g/mol. The molecule has 0 radical (unpaired) electrons. The highest BCUT2D eigenvalue weighted by Gasteiger charge is 2.09. The van der Waals surface area contributed by atoms with Gasteiger partial charge in [-0.2, -0.15) is 0 Å². The zero-order valence-electron chi connectivity index (χ0n) is 6.96. The Balaban J connectivity index is 2.76. The van der Waals surface area contributed by atoms with Gasteiger partial charge in [-0.05, 0) is 6.07 Å². The third-order valence-electron chi connectivity index (χ3n) is 1.42. The summed E-state index contributed by atoms with van der Waals surface area (Å²) in [5.74, 6) is -1.08. The fourth-order valence-corrected chi connectivity index (χ4v) is 0.819. The smallest absolute Gasteiger partial charge is 0.254 e. The Kier molecular flexibility index (Phi) is 3.14. The summed E-state index contributed by atoms with van der Waals surface area (Å²) in [6.45, 7) is 3.75. The molecule has 0 bridgehead atoms. The second kappa shape index (κ2) is 4.35. The molecule has 3 nitrogen and oxygen atoms in total. The number of hydrogen-bond donors (Lipinski definition) is 1. The molecular formula is C9H9FN2O. The Morgan fingerprint density at radius 2 is 2.54 bits per heavy atom. The van der Waals surface area contributed by atoms with Crippen molar-refractivity contribution in [2.45, 2.75) is 0 Å². The first-order chi connectivity index (χ1) is 6.25. The van der Waals surface area contributed by atoms with Crippen LogP contribution in [0, 0.1) is 5.82 Å². The number of pyridine rings is 1. The minimum Gasteiger partial charge on any atom is -0.348 e. The summed E-state index contributed by atoms with van der Waals surface area (Å²) >= 11 is 0. The van der Waals surface area contributed by atoms with Crippen LogP contribution >= 0.6 is 0 Å². The predicted octanol–water partition coefficient (Wildman–Crippen LogP) is 1.14. The van der Waals surface area contributed by atoms with Crippen molar-refractivity contribution in [3.8, 4) is 0 Å². The molecule has 0 fully saturated rings. The number of nitrogens with one attached hydrogen (secondary N) is 1. The maximum Gasteiger partial charge on any atom is 0.254 e. The fraction of sp³-hybridized carbons (Fsp3) is 0.111. The summed E-state index contributed by atoms with van der Waals surface area (Å²) in [5.41, 5.74) is -0.00292. The molecule has 0 spiro atoms. The van der Waals surface area contributed by atoms with Crippen LogP contribution in [0.25, 0.3) is 0 Å². The Hall–Kier alpha value is -1.71. The lowest BCUT2D eigenvalue weighted by Gasteiger charge is -2.01. The molecule has 1 amide bonds. The number of hydrogen-bond acceptors (Lipinski definition) is 2. The van der Waals surface area contributed by atoms with Gasteiger partial charge in [0.25, 0.3) is 5.91 Å². The van der Waals surface area contributed by atoms with Crippen LogP contribution in [0.5, 0.6) is 0 Å². The lowest BCUT2D eigenvalue weighted by molar-refractivity contribution is 0.0954. The molecule has 1 aromatic heterocycles. The molecular weight excluding hydrogens is 171 g/mol. The summed E-state index contributed by atoms with van der Waals surface area (Å²) < 4.78 is 12.9. The van der Waals surface area contributed by atoms with Crippen LogP contribution in [-0.2, 0) is 0 Å². The number of rotatable bonds is 3. The van der Waals surface area contributed by atoms with Crippen molar-refractivity contribution in [3.05, 3.63) is 42.5 Å². The first-order valence-corrected chi connectivity index (χ1v) is 3.74. The zero-order valence-corrected chi connectivity index (χ0v) is 6.96. The fourth-order valence-electron chi connectivity index (χ4n) is 0.819. The molecule has 1 N–H and O–H groups in total. The van der Waals surface area contributed by atoms with Gasteiger partial charge in [0, 0.05) is 12.7 Å². The van der Waals surface area contributed by atoms with Crippen molar-refractivity contribution < 1.29 is 9.18 Å². The molecule has 4 heteroatoms. The lowest BCUT2D eigenvalue weighted by atomic mass is 10.2. The molecule has 13 heavy (non-hydrogen) atoms. The van der Waals surface area contributed by atoms with Crippen LogP contribution < -0.4 is 5.32 Å². The summed E-state index contributed by atoms with van der Waals surface area (Å²) in [7, 11) is 0. The Morgan fingerprint density at radius 1 is 1.77 bits per heavy atom. The van der Waals surface area contributed by atoms with Crippen LogP contribution in [0.4, 0.5) is 4.39 Å². The highest BCUT2D eigenvalue weighted by atomic mass is 19.1. The normalized spacial score (nSPS) is 9.31. The van der Waals surface area contributed by atoms with E-state index in [2.05, 4.69) is 16.9 Å². The topological polar surface area (TPSA) is 42.0 Å². The zero-order chi connectivity index (χ0) is 9.68. The van der Waals surface area contributed by atoms with Crippen LogP contribution in [0.15, 0.2) is 31.1 Å². The molecule has 0 aromatic carbocycles. The van der Waals surface area contributed by atoms with Crippen molar-refractivity contribution >= 4 is 5.91 Å². The second-order valence-corrected chi connectivity index (χ2v) is 2.35. The van der Waals surface area contributed by atoms with E-state index in [-0.39, 0.29) is 5.56 Å². The standard InChI is InChI=1S/C9H9FN2O/c1-2-4-12-9(13)7-3-5-11-6-8(7)10/h2-3,5-6H,1,4H2,(H,12,13). The second-order valence-electron chi connectivity index (χ2n) is 2.35. The predicted molar refractivity (Wildman–Crippen MR) is 46.7 cm³/mol. The Morgan fingerprint density at radius 3 is 3.15 bits per heavy atom. The quantitative estimate of drug-likeness (QED) is 0.708. The van der Waals surface area contributed by atoms with Gasteiger partial charge in [-0.15, -0.1) is 6.58 Å². The van der Waals surface area contributed by atoms with Crippen LogP contribution in [-0.4, -0.2) is 17.4 Å². The SMILES string of the molecule is C=CCNC(=O)c1ccncc1F. The number of aromatic nitrogens is 1. The highest BCUT2D eigenvalue weighted by molar-refractivity contribution is 5.94. The Labute approximate surface area is 75.3 Å². The lowest BCUT2D eigenvalue weighted by Crippen LogP contribution is -2.24. The summed E-state index contributed by atoms with van der Waals surface area (Å²) in [4.78, 5) is 14.7. The van der Waals surface area contributed by atoms with E-state index in [1.807, 2.05) is 0 Å². The molecule has 1 aromatic rings. The van der Waals surface area contributed by atoms with Gasteiger partial charge in [0.2, 0.25) is 0 Å². The molecule has 0 aliphatic carbocycles. The molecule has 0 aliphatic heterocycles. The van der Waals surface area contributed by atoms with Crippen LogP contribution in [0.1, 0.15) is 10.4 Å². The third kappa shape index (κ3) is 2.37. The third-order valence-corrected chi connectivity index (χ3v) is 1.42. The molecule has 1 rings (SSSR count). The van der Waals surface area contributed by atoms with E-state index in [1.165, 1.54) is 18.3 Å². The summed E-state index contributed by atoms with van der Waals surface area (Å²) in [6.07, 6.45) is 3.89. The van der Waals surface area contributed by atoms with Gasteiger partial charge >= 0.3 is 0 Å². The van der Waals surface area contributed by atoms with E-state index in [9.17, 15) is 9.18 Å². The molecule has 68 valence electrons. The first-order valence-electron chi connectivity index (χ1n) is 3.74. The maximum atomic E-state index is 12.9. The monoisotopic (exact) mass is 180 g/mol. The summed E-state index contributed by atoms with van der Waals surface area (Å²) in [6, 6.07) is 1.33. The minimum atomic E-state index is -0.621. The van der Waals surface area contributed by atoms with Crippen molar-refractivity contribution in [1.29, 1.82) is 0 Å². The molecule has 0 unspecified atom stereocenters. The van der Waals surface area contributed by atoms with E-state index >= 15 is 0 Å². The van der Waals surface area contributed by atoms with Crippen LogP contribution in [0.2, 0.25) is 0 Å². The van der Waals surface area contributed by atoms with E-state index < -0.39 is 11.7 Å². The van der Waals surface area contributed by atoms with Crippen LogP contribution in [0.3, 0.4) is 0 Å². The molecule has 1 heterocycles. The summed E-state index contributed by atoms with van der Waals surface area (Å²) in [5, 5.41) is 2.46. The van der Waals surface area contributed by atoms with Gasteiger partial charge in [-0.1, -0.05) is 6.08 Å². The number of halogens is 1.